The Kier molecular flexibility index (Phi) is 3.46. The second-order valence-corrected chi connectivity index (χ2v) is 7.02. The Morgan fingerprint density at radius 3 is 2.80 bits per heavy atom. The maximum atomic E-state index is 13.6. The van der Waals surface area contributed by atoms with E-state index in [0.717, 1.165) is 24.2 Å². The molecule has 1 aromatic carbocycles. The minimum absolute atomic E-state index is 0.136. The zero-order valence-corrected chi connectivity index (χ0v) is 13.1. The molecule has 3 rings (SSSR count). The van der Waals surface area contributed by atoms with E-state index in [4.69, 9.17) is 23.2 Å². The number of nitrogens with zero attached hydrogens (tertiary/aromatic N) is 2. The normalized spacial score (nSPS) is 21.8. The Morgan fingerprint density at radius 1 is 1.45 bits per heavy atom. The van der Waals surface area contributed by atoms with Gasteiger partial charge in [0.2, 0.25) is 0 Å². The van der Waals surface area contributed by atoms with E-state index in [9.17, 15) is 4.39 Å². The van der Waals surface area contributed by atoms with Gasteiger partial charge in [-0.05, 0) is 30.7 Å². The van der Waals surface area contributed by atoms with Crippen LogP contribution in [0.25, 0.3) is 11.0 Å². The van der Waals surface area contributed by atoms with Crippen molar-refractivity contribution >= 4 is 34.2 Å². The number of aromatic nitrogens is 2. The topological polar surface area (TPSA) is 17.8 Å². The summed E-state index contributed by atoms with van der Waals surface area (Å²) in [4.78, 5) is 4.46. The molecule has 1 saturated carbocycles. The van der Waals surface area contributed by atoms with E-state index in [1.807, 2.05) is 0 Å². The Labute approximate surface area is 127 Å². The molecule has 0 radical (unpaired) electrons. The SMILES string of the molecule is CC1(C)CCC(n2c(CCl)nc3cc(F)c(Cl)cc32)C1. The number of hydrogen-bond acceptors (Lipinski definition) is 1. The first-order valence-electron chi connectivity index (χ1n) is 6.83. The lowest BCUT2D eigenvalue weighted by molar-refractivity contribution is 0.359. The van der Waals surface area contributed by atoms with E-state index < -0.39 is 5.82 Å². The van der Waals surface area contributed by atoms with Crippen molar-refractivity contribution in [1.82, 2.24) is 9.55 Å². The van der Waals surface area contributed by atoms with Crippen LogP contribution in [0.5, 0.6) is 0 Å². The maximum absolute atomic E-state index is 13.6. The molecule has 1 aliphatic carbocycles. The highest BCUT2D eigenvalue weighted by atomic mass is 35.5. The van der Waals surface area contributed by atoms with Crippen molar-refractivity contribution in [3.8, 4) is 0 Å². The van der Waals surface area contributed by atoms with Gasteiger partial charge in [0.05, 0.1) is 21.9 Å². The molecule has 1 unspecified atom stereocenters. The second-order valence-electron chi connectivity index (χ2n) is 6.35. The van der Waals surface area contributed by atoms with Crippen molar-refractivity contribution in [3.05, 3.63) is 28.8 Å². The molecule has 5 heteroatoms. The average molecular weight is 315 g/mol. The van der Waals surface area contributed by atoms with Gasteiger partial charge in [0.15, 0.2) is 0 Å². The molecule has 1 heterocycles. The van der Waals surface area contributed by atoms with Crippen molar-refractivity contribution in [2.24, 2.45) is 5.41 Å². The fourth-order valence-electron chi connectivity index (χ4n) is 3.26. The van der Waals surface area contributed by atoms with Crippen molar-refractivity contribution < 1.29 is 4.39 Å². The fraction of sp³-hybridized carbons (Fsp3) is 0.533. The molecule has 2 aromatic rings. The van der Waals surface area contributed by atoms with Crippen LogP contribution in [0.1, 0.15) is 45.0 Å². The molecule has 0 saturated heterocycles. The minimum Gasteiger partial charge on any atom is -0.324 e. The highest BCUT2D eigenvalue weighted by Crippen LogP contribution is 2.45. The molecule has 20 heavy (non-hydrogen) atoms. The van der Waals surface area contributed by atoms with Crippen LogP contribution in [-0.2, 0) is 5.88 Å². The van der Waals surface area contributed by atoms with Crippen LogP contribution in [-0.4, -0.2) is 9.55 Å². The third kappa shape index (κ3) is 2.31. The van der Waals surface area contributed by atoms with Crippen LogP contribution in [0.15, 0.2) is 12.1 Å². The van der Waals surface area contributed by atoms with Gasteiger partial charge in [0, 0.05) is 12.1 Å². The fourth-order valence-corrected chi connectivity index (χ4v) is 3.61. The Hall–Kier alpha value is -0.800. The van der Waals surface area contributed by atoms with E-state index >= 15 is 0 Å². The first-order valence-corrected chi connectivity index (χ1v) is 7.74. The van der Waals surface area contributed by atoms with Gasteiger partial charge in [0.1, 0.15) is 11.6 Å². The quantitative estimate of drug-likeness (QED) is 0.686. The summed E-state index contributed by atoms with van der Waals surface area (Å²) in [6.45, 7) is 4.55. The average Bonchev–Trinajstić information content (AvgIpc) is 2.90. The molecule has 0 aliphatic heterocycles. The van der Waals surface area contributed by atoms with E-state index in [1.54, 1.807) is 6.07 Å². The maximum Gasteiger partial charge on any atom is 0.144 e. The molecule has 108 valence electrons. The molecule has 1 aliphatic rings. The number of hydrogen-bond donors (Lipinski definition) is 0. The number of halogens is 3. The van der Waals surface area contributed by atoms with Crippen molar-refractivity contribution in [1.29, 1.82) is 0 Å². The Bertz CT molecular complexity index is 663. The van der Waals surface area contributed by atoms with Gasteiger partial charge in [-0.25, -0.2) is 9.37 Å². The van der Waals surface area contributed by atoms with Crippen LogP contribution in [0.3, 0.4) is 0 Å². The monoisotopic (exact) mass is 314 g/mol. The highest BCUT2D eigenvalue weighted by Gasteiger charge is 2.33. The molecule has 1 atom stereocenters. The third-order valence-corrected chi connectivity index (χ3v) is 4.76. The lowest BCUT2D eigenvalue weighted by Crippen LogP contribution is -2.11. The van der Waals surface area contributed by atoms with Crippen LogP contribution >= 0.6 is 23.2 Å². The lowest BCUT2D eigenvalue weighted by Gasteiger charge is -2.20. The number of rotatable bonds is 2. The largest absolute Gasteiger partial charge is 0.324 e. The Balaban J connectivity index is 2.15. The molecule has 0 bridgehead atoms. The summed E-state index contributed by atoms with van der Waals surface area (Å²) in [5.74, 6) is 0.688. The molecule has 1 fully saturated rings. The van der Waals surface area contributed by atoms with E-state index in [2.05, 4.69) is 23.4 Å². The van der Waals surface area contributed by atoms with Gasteiger partial charge in [0.25, 0.3) is 0 Å². The van der Waals surface area contributed by atoms with Crippen molar-refractivity contribution in [3.63, 3.8) is 0 Å². The molecule has 1 aromatic heterocycles. The minimum atomic E-state index is -0.434. The first-order chi connectivity index (χ1) is 9.41. The summed E-state index contributed by atoms with van der Waals surface area (Å²) < 4.78 is 15.7. The summed E-state index contributed by atoms with van der Waals surface area (Å²) in [6, 6.07) is 3.43. The van der Waals surface area contributed by atoms with Gasteiger partial charge in [-0.2, -0.15) is 0 Å². The van der Waals surface area contributed by atoms with Gasteiger partial charge >= 0.3 is 0 Å². The van der Waals surface area contributed by atoms with Crippen LogP contribution in [0.2, 0.25) is 5.02 Å². The predicted octanol–water partition coefficient (Wildman–Crippen LogP) is 5.32. The molecule has 2 nitrogen and oxygen atoms in total. The molecule has 0 N–H and O–H groups in total. The summed E-state index contributed by atoms with van der Waals surface area (Å²) in [7, 11) is 0. The van der Waals surface area contributed by atoms with Gasteiger partial charge in [-0.15, -0.1) is 11.6 Å². The lowest BCUT2D eigenvalue weighted by atomic mass is 9.92. The number of alkyl halides is 1. The highest BCUT2D eigenvalue weighted by molar-refractivity contribution is 6.31. The molecule has 0 amide bonds. The molecular formula is C15H17Cl2FN2. The number of benzene rings is 1. The summed E-state index contributed by atoms with van der Waals surface area (Å²) in [5.41, 5.74) is 1.84. The van der Waals surface area contributed by atoms with Gasteiger partial charge < -0.3 is 4.57 Å². The first kappa shape index (κ1) is 14.2. The molecular weight excluding hydrogens is 298 g/mol. The number of fused-ring (bicyclic) bond motifs is 1. The standard InChI is InChI=1S/C15H17Cl2FN2/c1-15(2)4-3-9(7-15)20-13-5-10(17)11(18)6-12(13)19-14(20)8-16/h5-6,9H,3-4,7-8H2,1-2H3. The summed E-state index contributed by atoms with van der Waals surface area (Å²) in [6.07, 6.45) is 3.35. The van der Waals surface area contributed by atoms with Crippen LogP contribution < -0.4 is 0 Å². The molecule has 0 spiro atoms. The zero-order chi connectivity index (χ0) is 14.5. The third-order valence-electron chi connectivity index (χ3n) is 4.23. The smallest absolute Gasteiger partial charge is 0.144 e. The van der Waals surface area contributed by atoms with Gasteiger partial charge in [-0.3, -0.25) is 0 Å². The van der Waals surface area contributed by atoms with Gasteiger partial charge in [-0.1, -0.05) is 25.4 Å². The summed E-state index contributed by atoms with van der Waals surface area (Å²) >= 11 is 11.9. The second kappa shape index (κ2) is 4.88. The number of imidazole rings is 1. The van der Waals surface area contributed by atoms with E-state index in [-0.39, 0.29) is 5.02 Å². The van der Waals surface area contributed by atoms with E-state index in [1.165, 1.54) is 12.5 Å². The van der Waals surface area contributed by atoms with Crippen LogP contribution in [0.4, 0.5) is 4.39 Å². The Morgan fingerprint density at radius 2 is 2.20 bits per heavy atom. The van der Waals surface area contributed by atoms with Crippen molar-refractivity contribution in [2.75, 3.05) is 0 Å². The van der Waals surface area contributed by atoms with E-state index in [0.29, 0.717) is 22.9 Å². The predicted molar refractivity (Wildman–Crippen MR) is 80.9 cm³/mol. The zero-order valence-electron chi connectivity index (χ0n) is 11.6. The van der Waals surface area contributed by atoms with Crippen LogP contribution in [0, 0.1) is 11.2 Å². The van der Waals surface area contributed by atoms with Crippen molar-refractivity contribution in [2.45, 2.75) is 45.0 Å². The summed E-state index contributed by atoms with van der Waals surface area (Å²) in [5, 5.41) is 0.136.